The minimum atomic E-state index is 0.0387. The zero-order valence-electron chi connectivity index (χ0n) is 16.5. The van der Waals surface area contributed by atoms with E-state index in [0.717, 1.165) is 42.8 Å². The molecule has 3 rings (SSSR count). The first-order valence-corrected chi connectivity index (χ1v) is 9.63. The van der Waals surface area contributed by atoms with E-state index in [1.54, 1.807) is 6.20 Å². The van der Waals surface area contributed by atoms with Crippen molar-refractivity contribution < 1.29 is 9.53 Å². The highest BCUT2D eigenvalue weighted by Gasteiger charge is 2.26. The molecule has 2 heterocycles. The third-order valence-electron chi connectivity index (χ3n) is 4.99. The van der Waals surface area contributed by atoms with Gasteiger partial charge >= 0.3 is 0 Å². The summed E-state index contributed by atoms with van der Waals surface area (Å²) in [6.45, 7) is 4.83. The second-order valence-electron chi connectivity index (χ2n) is 7.37. The molecule has 1 aliphatic rings. The lowest BCUT2D eigenvalue weighted by molar-refractivity contribution is 0.0512. The first-order valence-electron chi connectivity index (χ1n) is 9.63. The van der Waals surface area contributed by atoms with Gasteiger partial charge in [0.2, 0.25) is 0 Å². The molecule has 1 saturated heterocycles. The molecule has 2 aromatic rings. The molecule has 5 heteroatoms. The summed E-state index contributed by atoms with van der Waals surface area (Å²) in [6, 6.07) is 12.0. The zero-order chi connectivity index (χ0) is 19.2. The van der Waals surface area contributed by atoms with Crippen molar-refractivity contribution in [2.75, 3.05) is 40.3 Å². The number of likely N-dealkylation sites (N-methyl/N-ethyl adjacent to an activating group) is 1. The van der Waals surface area contributed by atoms with Gasteiger partial charge in [0.15, 0.2) is 0 Å². The number of benzene rings is 1. The highest BCUT2D eigenvalue weighted by Crippen LogP contribution is 2.27. The summed E-state index contributed by atoms with van der Waals surface area (Å²) >= 11 is 0. The monoisotopic (exact) mass is 367 g/mol. The molecule has 1 fully saturated rings. The molecule has 1 aromatic carbocycles. The average molecular weight is 367 g/mol. The van der Waals surface area contributed by atoms with E-state index in [2.05, 4.69) is 9.88 Å². The van der Waals surface area contributed by atoms with E-state index in [4.69, 9.17) is 4.74 Å². The molecule has 1 amide bonds. The Hall–Kier alpha value is -2.24. The van der Waals surface area contributed by atoms with Gasteiger partial charge in [-0.25, -0.2) is 0 Å². The van der Waals surface area contributed by atoms with E-state index in [0.29, 0.717) is 18.7 Å². The van der Waals surface area contributed by atoms with Gasteiger partial charge in [-0.1, -0.05) is 30.3 Å². The molecule has 27 heavy (non-hydrogen) atoms. The summed E-state index contributed by atoms with van der Waals surface area (Å²) in [7, 11) is 4.05. The largest absolute Gasteiger partial charge is 0.376 e. The van der Waals surface area contributed by atoms with E-state index >= 15 is 0 Å². The van der Waals surface area contributed by atoms with E-state index in [1.807, 2.05) is 62.3 Å². The van der Waals surface area contributed by atoms with Crippen molar-refractivity contribution >= 4 is 5.91 Å². The summed E-state index contributed by atoms with van der Waals surface area (Å²) in [5, 5.41) is 0. The zero-order valence-corrected chi connectivity index (χ0v) is 16.5. The number of ether oxygens (including phenoxy) is 1. The fraction of sp³-hybridized carbons (Fsp3) is 0.455. The van der Waals surface area contributed by atoms with Gasteiger partial charge in [-0.05, 0) is 51.1 Å². The smallest absolute Gasteiger partial charge is 0.256 e. The van der Waals surface area contributed by atoms with Crippen LogP contribution in [-0.4, -0.2) is 67.1 Å². The van der Waals surface area contributed by atoms with Gasteiger partial charge in [0, 0.05) is 32.4 Å². The van der Waals surface area contributed by atoms with Crippen molar-refractivity contribution in [2.45, 2.75) is 25.9 Å². The number of nitrogens with zero attached hydrogens (tertiary/aromatic N) is 3. The Morgan fingerprint density at radius 3 is 2.63 bits per heavy atom. The Labute approximate surface area is 162 Å². The van der Waals surface area contributed by atoms with Crippen LogP contribution in [0.4, 0.5) is 0 Å². The van der Waals surface area contributed by atoms with E-state index < -0.39 is 0 Å². The topological polar surface area (TPSA) is 45.7 Å². The standard InChI is InChI=1S/C22H29N3O2/c1-17-21(20(11-12-23-17)18-8-5-4-6-9-18)22(26)25(14-13-24(2)3)16-19-10-7-15-27-19/h4-6,8-9,11-12,19H,7,10,13-16H2,1-3H3/t19-/m0/s1. The molecular weight excluding hydrogens is 338 g/mol. The van der Waals surface area contributed by atoms with Crippen LogP contribution in [-0.2, 0) is 4.74 Å². The highest BCUT2D eigenvalue weighted by atomic mass is 16.5. The number of pyridine rings is 1. The minimum Gasteiger partial charge on any atom is -0.376 e. The number of hydrogen-bond donors (Lipinski definition) is 0. The van der Waals surface area contributed by atoms with Gasteiger partial charge in [-0.2, -0.15) is 0 Å². The van der Waals surface area contributed by atoms with Crippen LogP contribution in [0.5, 0.6) is 0 Å². The summed E-state index contributed by atoms with van der Waals surface area (Å²) < 4.78 is 5.80. The van der Waals surface area contributed by atoms with Gasteiger partial charge in [0.05, 0.1) is 17.4 Å². The van der Waals surface area contributed by atoms with Crippen molar-refractivity contribution in [3.63, 3.8) is 0 Å². The van der Waals surface area contributed by atoms with Gasteiger partial charge in [-0.3, -0.25) is 9.78 Å². The van der Waals surface area contributed by atoms with Crippen LogP contribution < -0.4 is 0 Å². The van der Waals surface area contributed by atoms with Crippen LogP contribution in [0.25, 0.3) is 11.1 Å². The van der Waals surface area contributed by atoms with Crippen LogP contribution in [0.3, 0.4) is 0 Å². The van der Waals surface area contributed by atoms with Gasteiger partial charge in [0.25, 0.3) is 5.91 Å². The van der Waals surface area contributed by atoms with E-state index in [9.17, 15) is 4.79 Å². The van der Waals surface area contributed by atoms with Crippen molar-refractivity contribution in [1.29, 1.82) is 0 Å². The maximum absolute atomic E-state index is 13.6. The summed E-state index contributed by atoms with van der Waals surface area (Å²) in [5.41, 5.74) is 3.44. The molecule has 0 bridgehead atoms. The van der Waals surface area contributed by atoms with E-state index in [-0.39, 0.29) is 12.0 Å². The molecule has 0 N–H and O–H groups in total. The molecule has 0 aliphatic carbocycles. The Morgan fingerprint density at radius 1 is 1.19 bits per heavy atom. The first-order chi connectivity index (χ1) is 13.1. The predicted molar refractivity (Wildman–Crippen MR) is 108 cm³/mol. The van der Waals surface area contributed by atoms with Crippen LogP contribution >= 0.6 is 0 Å². The van der Waals surface area contributed by atoms with Crippen molar-refractivity contribution in [2.24, 2.45) is 0 Å². The lowest BCUT2D eigenvalue weighted by Crippen LogP contribution is -2.41. The van der Waals surface area contributed by atoms with Crippen molar-refractivity contribution in [1.82, 2.24) is 14.8 Å². The fourth-order valence-corrected chi connectivity index (χ4v) is 3.48. The fourth-order valence-electron chi connectivity index (χ4n) is 3.48. The molecule has 0 unspecified atom stereocenters. The maximum atomic E-state index is 13.6. The lowest BCUT2D eigenvalue weighted by atomic mass is 9.98. The van der Waals surface area contributed by atoms with Gasteiger partial charge in [0.1, 0.15) is 0 Å². The second kappa shape index (κ2) is 9.11. The number of aryl methyl sites for hydroxylation is 1. The SMILES string of the molecule is Cc1nccc(-c2ccccc2)c1C(=O)N(CCN(C)C)C[C@@H]1CCCO1. The molecule has 1 atom stereocenters. The van der Waals surface area contributed by atoms with Crippen LogP contribution in [0.1, 0.15) is 28.9 Å². The molecule has 0 spiro atoms. The number of carbonyl (C=O) groups excluding carboxylic acids is 1. The quantitative estimate of drug-likeness (QED) is 0.754. The van der Waals surface area contributed by atoms with Crippen molar-refractivity contribution in [3.8, 4) is 11.1 Å². The maximum Gasteiger partial charge on any atom is 0.256 e. The lowest BCUT2D eigenvalue weighted by Gasteiger charge is -2.28. The molecular formula is C22H29N3O2. The highest BCUT2D eigenvalue weighted by molar-refractivity contribution is 6.01. The summed E-state index contributed by atoms with van der Waals surface area (Å²) in [4.78, 5) is 22.0. The third-order valence-corrected chi connectivity index (χ3v) is 4.99. The average Bonchev–Trinajstić information content (AvgIpc) is 3.18. The Bertz CT molecular complexity index is 755. The minimum absolute atomic E-state index is 0.0387. The summed E-state index contributed by atoms with van der Waals surface area (Å²) in [5.74, 6) is 0.0387. The van der Waals surface area contributed by atoms with Crippen LogP contribution in [0, 0.1) is 6.92 Å². The van der Waals surface area contributed by atoms with Crippen LogP contribution in [0.2, 0.25) is 0 Å². The molecule has 0 saturated carbocycles. The summed E-state index contributed by atoms with van der Waals surface area (Å²) in [6.07, 6.45) is 4.00. The number of carbonyl (C=O) groups is 1. The van der Waals surface area contributed by atoms with Gasteiger partial charge < -0.3 is 14.5 Å². The van der Waals surface area contributed by atoms with Gasteiger partial charge in [-0.15, -0.1) is 0 Å². The Morgan fingerprint density at radius 2 is 1.96 bits per heavy atom. The predicted octanol–water partition coefficient (Wildman–Crippen LogP) is 3.24. The number of rotatable bonds is 7. The third kappa shape index (κ3) is 4.93. The molecule has 1 aliphatic heterocycles. The number of hydrogen-bond acceptors (Lipinski definition) is 4. The second-order valence-corrected chi connectivity index (χ2v) is 7.37. The normalized spacial score (nSPS) is 16.7. The number of amides is 1. The Kier molecular flexibility index (Phi) is 6.58. The molecule has 144 valence electrons. The number of aromatic nitrogens is 1. The van der Waals surface area contributed by atoms with Crippen LogP contribution in [0.15, 0.2) is 42.6 Å². The molecule has 5 nitrogen and oxygen atoms in total. The Balaban J connectivity index is 1.92. The molecule has 0 radical (unpaired) electrons. The first kappa shape index (κ1) is 19.5. The van der Waals surface area contributed by atoms with Crippen molar-refractivity contribution in [3.05, 3.63) is 53.9 Å². The van der Waals surface area contributed by atoms with E-state index in [1.165, 1.54) is 0 Å². The molecule has 1 aromatic heterocycles.